The summed E-state index contributed by atoms with van der Waals surface area (Å²) >= 11 is 5.98. The van der Waals surface area contributed by atoms with Crippen LogP contribution in [0, 0.1) is 5.92 Å². The zero-order valence-corrected chi connectivity index (χ0v) is 15.2. The van der Waals surface area contributed by atoms with Gasteiger partial charge < -0.3 is 5.32 Å². The minimum Gasteiger partial charge on any atom is -0.323 e. The van der Waals surface area contributed by atoms with Gasteiger partial charge in [0, 0.05) is 6.04 Å². The van der Waals surface area contributed by atoms with Crippen molar-refractivity contribution in [2.75, 3.05) is 11.9 Å². The molecular formula is C18H20ClN3O4. The molecule has 7 nitrogen and oxygen atoms in total. The molecule has 0 aromatic heterocycles. The number of halogens is 1. The van der Waals surface area contributed by atoms with Crippen LogP contribution in [-0.2, 0) is 14.4 Å². The van der Waals surface area contributed by atoms with E-state index in [1.54, 1.807) is 24.3 Å². The molecule has 0 bridgehead atoms. The Morgan fingerprint density at radius 3 is 2.54 bits per heavy atom. The lowest BCUT2D eigenvalue weighted by Gasteiger charge is -2.34. The molecule has 1 heterocycles. The van der Waals surface area contributed by atoms with Crippen LogP contribution in [-0.4, -0.2) is 46.1 Å². The van der Waals surface area contributed by atoms with E-state index < -0.39 is 30.3 Å². The molecule has 2 atom stereocenters. The highest BCUT2D eigenvalue weighted by Gasteiger charge is 2.49. The van der Waals surface area contributed by atoms with Crippen LogP contribution < -0.4 is 5.32 Å². The molecule has 1 saturated heterocycles. The van der Waals surface area contributed by atoms with Gasteiger partial charge in [0.05, 0.1) is 10.7 Å². The zero-order valence-electron chi connectivity index (χ0n) is 14.4. The number of carbonyl (C=O) groups excluding carboxylic acids is 4. The molecule has 0 spiro atoms. The van der Waals surface area contributed by atoms with Crippen molar-refractivity contribution in [1.29, 1.82) is 0 Å². The predicted octanol–water partition coefficient (Wildman–Crippen LogP) is 2.65. The number of hydrogen-bond acceptors (Lipinski definition) is 4. The molecule has 1 aliphatic heterocycles. The van der Waals surface area contributed by atoms with E-state index in [0.29, 0.717) is 22.0 Å². The number of urea groups is 1. The third-order valence-electron chi connectivity index (χ3n) is 4.93. The quantitative estimate of drug-likeness (QED) is 0.645. The average molecular weight is 378 g/mol. The van der Waals surface area contributed by atoms with Gasteiger partial charge in [-0.1, -0.05) is 43.5 Å². The van der Waals surface area contributed by atoms with Crippen LogP contribution in [0.25, 0.3) is 0 Å². The fourth-order valence-electron chi connectivity index (χ4n) is 3.53. The fraction of sp³-hybridized carbons (Fsp3) is 0.444. The maximum Gasteiger partial charge on any atom is 0.334 e. The van der Waals surface area contributed by atoms with E-state index in [9.17, 15) is 19.2 Å². The normalized spacial score (nSPS) is 23.5. The smallest absolute Gasteiger partial charge is 0.323 e. The summed E-state index contributed by atoms with van der Waals surface area (Å²) in [4.78, 5) is 51.2. The first-order valence-corrected chi connectivity index (χ1v) is 9.01. The Morgan fingerprint density at radius 2 is 1.85 bits per heavy atom. The summed E-state index contributed by atoms with van der Waals surface area (Å²) in [5.41, 5.74) is 0.377. The van der Waals surface area contributed by atoms with E-state index in [1.165, 1.54) is 0 Å². The van der Waals surface area contributed by atoms with Gasteiger partial charge in [-0.3, -0.25) is 19.3 Å². The lowest BCUT2D eigenvalue weighted by atomic mass is 9.85. The molecule has 1 aromatic rings. The molecule has 8 heteroatoms. The van der Waals surface area contributed by atoms with Crippen LogP contribution in [0.1, 0.15) is 32.6 Å². The largest absolute Gasteiger partial charge is 0.334 e. The van der Waals surface area contributed by atoms with Crippen molar-refractivity contribution < 1.29 is 19.2 Å². The molecule has 1 aliphatic carbocycles. The predicted molar refractivity (Wildman–Crippen MR) is 95.5 cm³/mol. The molecule has 2 fully saturated rings. The summed E-state index contributed by atoms with van der Waals surface area (Å²) < 4.78 is 0. The van der Waals surface area contributed by atoms with Gasteiger partial charge in [0.2, 0.25) is 5.91 Å². The third kappa shape index (κ3) is 3.44. The summed E-state index contributed by atoms with van der Waals surface area (Å²) in [7, 11) is 0. The maximum atomic E-state index is 12.6. The molecule has 138 valence electrons. The third-order valence-corrected chi connectivity index (χ3v) is 5.26. The maximum absolute atomic E-state index is 12.6. The number of para-hydroxylation sites is 1. The molecule has 1 saturated carbocycles. The Kier molecular flexibility index (Phi) is 5.27. The van der Waals surface area contributed by atoms with E-state index in [-0.39, 0.29) is 12.0 Å². The standard InChI is InChI=1S/C18H20ClN3O4/c1-11-6-2-5-9-14(11)22-17(25)16(24)21(18(22)26)10-15(23)20-13-8-4-3-7-12(13)19/h3-4,7-8,11,14H,2,5-6,9-10H2,1H3,(H,20,23)/t11-,14+/m0/s1. The van der Waals surface area contributed by atoms with Crippen LogP contribution in [0.4, 0.5) is 10.5 Å². The number of amides is 5. The Morgan fingerprint density at radius 1 is 1.15 bits per heavy atom. The molecule has 0 radical (unpaired) electrons. The highest BCUT2D eigenvalue weighted by Crippen LogP contribution is 2.31. The number of nitrogens with zero attached hydrogens (tertiary/aromatic N) is 2. The van der Waals surface area contributed by atoms with Crippen molar-refractivity contribution in [2.24, 2.45) is 5.92 Å². The lowest BCUT2D eigenvalue weighted by Crippen LogP contribution is -2.46. The van der Waals surface area contributed by atoms with Gasteiger partial charge in [-0.15, -0.1) is 0 Å². The number of imide groups is 2. The molecule has 0 unspecified atom stereocenters. The Balaban J connectivity index is 1.71. The first-order chi connectivity index (χ1) is 12.4. The monoisotopic (exact) mass is 377 g/mol. The summed E-state index contributed by atoms with van der Waals surface area (Å²) in [5.74, 6) is -2.26. The topological polar surface area (TPSA) is 86.8 Å². The second-order valence-corrected chi connectivity index (χ2v) is 7.11. The van der Waals surface area contributed by atoms with Gasteiger partial charge in [-0.25, -0.2) is 9.69 Å². The minimum absolute atomic E-state index is 0.140. The Bertz CT molecular complexity index is 767. The minimum atomic E-state index is -0.956. The van der Waals surface area contributed by atoms with E-state index in [0.717, 1.165) is 24.2 Å². The number of anilines is 1. The van der Waals surface area contributed by atoms with Crippen molar-refractivity contribution in [3.63, 3.8) is 0 Å². The van der Waals surface area contributed by atoms with Crippen molar-refractivity contribution >= 4 is 41.0 Å². The number of carbonyl (C=O) groups is 4. The van der Waals surface area contributed by atoms with Crippen LogP contribution in [0.5, 0.6) is 0 Å². The van der Waals surface area contributed by atoms with Crippen LogP contribution in [0.15, 0.2) is 24.3 Å². The summed E-state index contributed by atoms with van der Waals surface area (Å²) in [6.07, 6.45) is 3.55. The van der Waals surface area contributed by atoms with Crippen LogP contribution in [0.3, 0.4) is 0 Å². The van der Waals surface area contributed by atoms with E-state index >= 15 is 0 Å². The lowest BCUT2D eigenvalue weighted by molar-refractivity contribution is -0.145. The number of benzene rings is 1. The summed E-state index contributed by atoms with van der Waals surface area (Å²) in [6, 6.07) is 5.63. The highest BCUT2D eigenvalue weighted by atomic mass is 35.5. The molecule has 26 heavy (non-hydrogen) atoms. The second kappa shape index (κ2) is 7.45. The molecule has 1 N–H and O–H groups in total. The van der Waals surface area contributed by atoms with Crippen molar-refractivity contribution in [1.82, 2.24) is 9.80 Å². The first-order valence-electron chi connectivity index (χ1n) is 8.63. The van der Waals surface area contributed by atoms with E-state index in [2.05, 4.69) is 5.32 Å². The zero-order chi connectivity index (χ0) is 18.8. The van der Waals surface area contributed by atoms with Crippen LogP contribution in [0.2, 0.25) is 5.02 Å². The van der Waals surface area contributed by atoms with Gasteiger partial charge in [0.25, 0.3) is 0 Å². The van der Waals surface area contributed by atoms with Crippen LogP contribution >= 0.6 is 11.6 Å². The van der Waals surface area contributed by atoms with Crippen molar-refractivity contribution in [3.05, 3.63) is 29.3 Å². The van der Waals surface area contributed by atoms with Gasteiger partial charge in [-0.05, 0) is 30.9 Å². The molecule has 2 aliphatic rings. The van der Waals surface area contributed by atoms with E-state index in [4.69, 9.17) is 11.6 Å². The Labute approximate surface area is 156 Å². The van der Waals surface area contributed by atoms with Crippen molar-refractivity contribution in [3.8, 4) is 0 Å². The second-order valence-electron chi connectivity index (χ2n) is 6.71. The molecule has 5 amide bonds. The fourth-order valence-corrected chi connectivity index (χ4v) is 3.71. The number of hydrogen-bond donors (Lipinski definition) is 1. The van der Waals surface area contributed by atoms with Gasteiger partial charge in [0.1, 0.15) is 6.54 Å². The summed E-state index contributed by atoms with van der Waals surface area (Å²) in [6.45, 7) is 1.45. The molecular weight excluding hydrogens is 358 g/mol. The van der Waals surface area contributed by atoms with Crippen molar-refractivity contribution in [2.45, 2.75) is 38.6 Å². The Hall–Kier alpha value is -2.41. The number of rotatable bonds is 4. The van der Waals surface area contributed by atoms with Gasteiger partial charge >= 0.3 is 17.8 Å². The van der Waals surface area contributed by atoms with Gasteiger partial charge in [0.15, 0.2) is 0 Å². The first kappa shape index (κ1) is 18.4. The summed E-state index contributed by atoms with van der Waals surface area (Å²) in [5, 5.41) is 2.89. The van der Waals surface area contributed by atoms with Gasteiger partial charge in [-0.2, -0.15) is 0 Å². The van der Waals surface area contributed by atoms with E-state index in [1.807, 2.05) is 6.92 Å². The molecule has 3 rings (SSSR count). The highest BCUT2D eigenvalue weighted by molar-refractivity contribution is 6.45. The SMILES string of the molecule is C[C@H]1CCCC[C@H]1N1C(=O)C(=O)N(CC(=O)Nc2ccccc2Cl)C1=O. The molecule has 1 aromatic carbocycles. The average Bonchev–Trinajstić information content (AvgIpc) is 2.81. The number of nitrogens with one attached hydrogen (secondary N) is 1.